The summed E-state index contributed by atoms with van der Waals surface area (Å²) < 4.78 is 60.9. The fourth-order valence-corrected chi connectivity index (χ4v) is 17.3. The van der Waals surface area contributed by atoms with E-state index in [9.17, 15) is 86.8 Å². The van der Waals surface area contributed by atoms with Crippen LogP contribution in [-0.2, 0) is 47.4 Å². The minimum absolute atomic E-state index is 0.0328. The standard InChI is InChI=1S/C59H100O27/c1-24(19-60)10-9-14-59(8,86-53-48(76)43(71)39(67)30(82-53)22-78-50-45(73)37(65)28(63)21-77-50)26-11-16-58(7)35(26)27(62)18-33-56(5)15-13-34(55(3,4)32(56)12-17-57(33,58)6)84-54-49(85-52-47(75)42(70)38(66)29(20-61)81-52)44(72)40(68)31(83-54)23-79-51-46(74)41(69)36(64)25(2)80-51/h10,25-54,60-76H,9,11-23H2,1-8H3/b24-10+/t25-,26-,27+,28+,29+,30+,31+,32+,33+,34+,35-,36-,37-,38+,39+,40+,41+,42-,43-,44-,45+,46+,47+,48+,49+,50+,51+,52-,53-,54-,56+,57+,58+,59-/m0/s1. The van der Waals surface area contributed by atoms with Crippen molar-refractivity contribution >= 4 is 0 Å². The lowest BCUT2D eigenvalue weighted by atomic mass is 9.35. The Morgan fingerprint density at radius 3 is 1.76 bits per heavy atom. The molecule has 86 heavy (non-hydrogen) atoms. The van der Waals surface area contributed by atoms with E-state index < -0.39 is 201 Å². The minimum Gasteiger partial charge on any atom is -0.394 e. The average Bonchev–Trinajstić information content (AvgIpc) is 1.23. The van der Waals surface area contributed by atoms with Crippen molar-refractivity contribution < 1.29 is 134 Å². The summed E-state index contributed by atoms with van der Waals surface area (Å²) in [4.78, 5) is 0. The predicted molar refractivity (Wildman–Crippen MR) is 293 cm³/mol. The molecule has 9 rings (SSSR count). The Hall–Kier alpha value is -1.34. The molecule has 0 aromatic carbocycles. The third-order valence-corrected chi connectivity index (χ3v) is 22.7. The van der Waals surface area contributed by atoms with Crippen molar-refractivity contribution in [3.05, 3.63) is 11.6 Å². The molecule has 27 heteroatoms. The molecule has 34 atom stereocenters. The smallest absolute Gasteiger partial charge is 0.187 e. The predicted octanol–water partition coefficient (Wildman–Crippen LogP) is -3.74. The molecule has 9 fully saturated rings. The monoisotopic (exact) mass is 1240 g/mol. The van der Waals surface area contributed by atoms with Gasteiger partial charge in [0, 0.05) is 0 Å². The maximum atomic E-state index is 12.9. The van der Waals surface area contributed by atoms with Crippen LogP contribution in [0.3, 0.4) is 0 Å². The van der Waals surface area contributed by atoms with Crippen LogP contribution in [0.25, 0.3) is 0 Å². The van der Waals surface area contributed by atoms with Gasteiger partial charge in [0.25, 0.3) is 0 Å². The second-order valence-electron chi connectivity index (χ2n) is 28.1. The Labute approximate surface area is 501 Å². The van der Waals surface area contributed by atoms with Gasteiger partial charge in [-0.2, -0.15) is 0 Å². The van der Waals surface area contributed by atoms with E-state index in [-0.39, 0.29) is 42.3 Å². The summed E-state index contributed by atoms with van der Waals surface area (Å²) in [5.41, 5.74) is -2.35. The van der Waals surface area contributed by atoms with Crippen LogP contribution in [0.4, 0.5) is 0 Å². The summed E-state index contributed by atoms with van der Waals surface area (Å²) in [5.74, 6) is -0.768. The maximum absolute atomic E-state index is 12.9. The van der Waals surface area contributed by atoms with Crippen LogP contribution in [0.15, 0.2) is 11.6 Å². The van der Waals surface area contributed by atoms with Crippen LogP contribution >= 0.6 is 0 Å². The molecule has 4 saturated carbocycles. The molecule has 4 aliphatic carbocycles. The largest absolute Gasteiger partial charge is 0.394 e. The number of allylic oxidation sites excluding steroid dienone is 1. The quantitative estimate of drug-likeness (QED) is 0.0463. The molecule has 5 heterocycles. The number of hydrogen-bond donors (Lipinski definition) is 17. The lowest BCUT2D eigenvalue weighted by molar-refractivity contribution is -0.382. The lowest BCUT2D eigenvalue weighted by Gasteiger charge is -2.71. The summed E-state index contributed by atoms with van der Waals surface area (Å²) in [6.45, 7) is 13.9. The first-order valence-corrected chi connectivity index (χ1v) is 30.8. The molecule has 17 N–H and O–H groups in total. The Kier molecular flexibility index (Phi) is 21.3. The van der Waals surface area contributed by atoms with Crippen molar-refractivity contribution in [2.45, 2.75) is 278 Å². The highest BCUT2D eigenvalue weighted by Gasteiger charge is 2.72. The number of rotatable bonds is 18. The average molecular weight is 1240 g/mol. The van der Waals surface area contributed by atoms with Gasteiger partial charge in [-0.25, -0.2) is 0 Å². The topological polar surface area (TPSA) is 436 Å². The molecule has 9 aliphatic rings. The van der Waals surface area contributed by atoms with E-state index in [1.165, 1.54) is 6.92 Å². The molecule has 0 amide bonds. The lowest BCUT2D eigenvalue weighted by Crippen LogP contribution is -2.68. The van der Waals surface area contributed by atoms with E-state index in [0.717, 1.165) is 18.4 Å². The van der Waals surface area contributed by atoms with Gasteiger partial charge in [-0.05, 0) is 124 Å². The van der Waals surface area contributed by atoms with E-state index >= 15 is 0 Å². The zero-order chi connectivity index (χ0) is 63.1. The fourth-order valence-electron chi connectivity index (χ4n) is 17.3. The maximum Gasteiger partial charge on any atom is 0.187 e. The third kappa shape index (κ3) is 12.4. The molecule has 498 valence electrons. The van der Waals surface area contributed by atoms with E-state index in [2.05, 4.69) is 34.6 Å². The Morgan fingerprint density at radius 2 is 1.10 bits per heavy atom. The summed E-state index contributed by atoms with van der Waals surface area (Å²) in [5, 5.41) is 185. The van der Waals surface area contributed by atoms with Crippen LogP contribution in [-0.4, -0.2) is 285 Å². The van der Waals surface area contributed by atoms with Crippen LogP contribution in [0.1, 0.15) is 113 Å². The third-order valence-electron chi connectivity index (χ3n) is 22.7. The van der Waals surface area contributed by atoms with E-state index in [1.54, 1.807) is 6.92 Å². The van der Waals surface area contributed by atoms with Gasteiger partial charge >= 0.3 is 0 Å². The van der Waals surface area contributed by atoms with Gasteiger partial charge in [0.05, 0.1) is 56.9 Å². The molecule has 5 aliphatic heterocycles. The van der Waals surface area contributed by atoms with Crippen molar-refractivity contribution in [2.75, 3.05) is 33.0 Å². The first-order chi connectivity index (χ1) is 40.3. The minimum atomic E-state index is -1.89. The van der Waals surface area contributed by atoms with Crippen molar-refractivity contribution in [1.29, 1.82) is 0 Å². The Bertz CT molecular complexity index is 2270. The van der Waals surface area contributed by atoms with E-state index in [0.29, 0.717) is 44.9 Å². The second kappa shape index (κ2) is 26.6. The SMILES string of the molecule is C/C(=C\CC[C@](C)(O[C@@H]1O[C@H](CO[C@H]2OC[C@@H](O)[C@H](O)[C@H]2O)[C@@H](O)[C@H](O)[C@H]1O)[C@H]1CC[C@]2(C)[C@@H]1[C@H](O)C[C@@H]1[C@]3(C)CC[C@@H](O[C@@H]4O[C@H](CO[C@@H]5O[C@@H](C)[C@H](O)[C@@H](O)[C@H]5O)[C@@H](O)[C@H](O)[C@H]4O[C@@H]4O[C@H](CO)[C@@H](O)[C@H](O)[C@H]4O)C(C)(C)[C@H]3CC[C@]12C)CO. The molecule has 5 saturated heterocycles. The summed E-state index contributed by atoms with van der Waals surface area (Å²) in [6, 6.07) is 0. The van der Waals surface area contributed by atoms with Crippen molar-refractivity contribution in [3.8, 4) is 0 Å². The Balaban J connectivity index is 0.946. The highest BCUT2D eigenvalue weighted by molar-refractivity contribution is 5.21. The van der Waals surface area contributed by atoms with E-state index in [1.807, 2.05) is 13.0 Å². The second-order valence-corrected chi connectivity index (χ2v) is 28.1. The van der Waals surface area contributed by atoms with Gasteiger partial charge in [-0.1, -0.05) is 46.3 Å². The van der Waals surface area contributed by atoms with Crippen LogP contribution in [0, 0.1) is 45.3 Å². The zero-order valence-corrected chi connectivity index (χ0v) is 50.5. The molecule has 0 unspecified atom stereocenters. The molecule has 0 aromatic heterocycles. The van der Waals surface area contributed by atoms with Gasteiger partial charge in [0.15, 0.2) is 31.5 Å². The normalized spacial score (nSPS) is 53.2. The van der Waals surface area contributed by atoms with Crippen molar-refractivity contribution in [3.63, 3.8) is 0 Å². The molecular weight excluding hydrogens is 1140 g/mol. The number of fused-ring (bicyclic) bond motifs is 5. The molecule has 0 bridgehead atoms. The molecule has 0 radical (unpaired) electrons. The zero-order valence-electron chi connectivity index (χ0n) is 50.5. The van der Waals surface area contributed by atoms with Crippen LogP contribution < -0.4 is 0 Å². The highest BCUT2D eigenvalue weighted by Crippen LogP contribution is 2.76. The number of hydrogen-bond acceptors (Lipinski definition) is 27. The van der Waals surface area contributed by atoms with Crippen LogP contribution in [0.5, 0.6) is 0 Å². The van der Waals surface area contributed by atoms with E-state index in [4.69, 9.17) is 47.4 Å². The molecule has 0 spiro atoms. The van der Waals surface area contributed by atoms with Gasteiger partial charge in [-0.15, -0.1) is 0 Å². The van der Waals surface area contributed by atoms with Gasteiger partial charge in [0.2, 0.25) is 0 Å². The van der Waals surface area contributed by atoms with Crippen LogP contribution in [0.2, 0.25) is 0 Å². The molecular formula is C59H100O27. The number of ether oxygens (including phenoxy) is 10. The fraction of sp³-hybridized carbons (Fsp3) is 0.966. The Morgan fingerprint density at radius 1 is 0.547 bits per heavy atom. The molecule has 0 aromatic rings. The summed E-state index contributed by atoms with van der Waals surface area (Å²) in [7, 11) is 0. The highest BCUT2D eigenvalue weighted by atomic mass is 16.8. The van der Waals surface area contributed by atoms with Gasteiger partial charge in [-0.3, -0.25) is 0 Å². The summed E-state index contributed by atoms with van der Waals surface area (Å²) in [6.07, 6.45) is -32.6. The molecule has 27 nitrogen and oxygen atoms in total. The number of aliphatic hydroxyl groups is 17. The first-order valence-electron chi connectivity index (χ1n) is 30.8. The first kappa shape index (κ1) is 69.0. The number of aliphatic hydroxyl groups excluding tert-OH is 17. The van der Waals surface area contributed by atoms with Gasteiger partial charge < -0.3 is 134 Å². The van der Waals surface area contributed by atoms with Crippen molar-refractivity contribution in [1.82, 2.24) is 0 Å². The van der Waals surface area contributed by atoms with Crippen molar-refractivity contribution in [2.24, 2.45) is 45.3 Å². The summed E-state index contributed by atoms with van der Waals surface area (Å²) >= 11 is 0. The van der Waals surface area contributed by atoms with Gasteiger partial charge in [0.1, 0.15) is 110 Å².